The second kappa shape index (κ2) is 16.3. The SMILES string of the molecule is CCC(C)(CC)C(=O)/C=C(\O)C(C)(CC)CC.Cc1oc2ccc3sc4ccnc(-c5[c-]c6ccsc6c(C(C)(C)C)c5)c4c3c2c1CC(C)C.[Ir]. The Balaban J connectivity index is 0.000000289. The number of nitrogens with zero attached hydrogens (tertiary/aromatic N) is 1. The number of aryl methyl sites for hydroxylation is 1. The van der Waals surface area contributed by atoms with Gasteiger partial charge in [0, 0.05) is 74.6 Å². The van der Waals surface area contributed by atoms with Crippen LogP contribution >= 0.6 is 22.7 Å². The van der Waals surface area contributed by atoms with Gasteiger partial charge in [-0.05, 0) is 84.0 Å². The Morgan fingerprint density at radius 1 is 0.923 bits per heavy atom. The van der Waals surface area contributed by atoms with E-state index < -0.39 is 0 Å². The Morgan fingerprint density at radius 2 is 1.56 bits per heavy atom. The number of aliphatic hydroxyl groups excluding tert-OH is 1. The van der Waals surface area contributed by atoms with Crippen molar-refractivity contribution in [1.29, 1.82) is 0 Å². The number of aliphatic hydroxyl groups is 1. The molecule has 4 aromatic heterocycles. The molecule has 0 amide bonds. The van der Waals surface area contributed by atoms with Crippen molar-refractivity contribution in [3.05, 3.63) is 76.7 Å². The van der Waals surface area contributed by atoms with Crippen LogP contribution < -0.4 is 0 Å². The number of hydrogen-bond donors (Lipinski definition) is 1. The van der Waals surface area contributed by atoms with Gasteiger partial charge in [0.2, 0.25) is 0 Å². The fourth-order valence-corrected chi connectivity index (χ4v) is 8.99. The molecule has 0 bridgehead atoms. The van der Waals surface area contributed by atoms with Crippen LogP contribution in [-0.4, -0.2) is 15.9 Å². The average molecular weight is 915 g/mol. The number of rotatable bonds is 10. The molecule has 52 heavy (non-hydrogen) atoms. The normalized spacial score (nSPS) is 12.9. The molecule has 0 saturated heterocycles. The summed E-state index contributed by atoms with van der Waals surface area (Å²) in [5.41, 5.74) is 5.19. The van der Waals surface area contributed by atoms with E-state index in [1.165, 1.54) is 52.8 Å². The Hall–Kier alpha value is -2.83. The van der Waals surface area contributed by atoms with Gasteiger partial charge in [0.15, 0.2) is 5.78 Å². The van der Waals surface area contributed by atoms with Crippen LogP contribution in [0.4, 0.5) is 0 Å². The van der Waals surface area contributed by atoms with Gasteiger partial charge in [0.1, 0.15) is 17.1 Å². The molecule has 0 saturated carbocycles. The summed E-state index contributed by atoms with van der Waals surface area (Å²) in [6.45, 7) is 25.6. The molecule has 0 spiro atoms. The molecular weight excluding hydrogens is 859 g/mol. The number of hydrogen-bond acceptors (Lipinski definition) is 6. The van der Waals surface area contributed by atoms with Crippen molar-refractivity contribution >= 4 is 69.7 Å². The molecular formula is C45H56IrNO3S2-. The molecule has 0 fully saturated rings. The van der Waals surface area contributed by atoms with E-state index in [2.05, 4.69) is 83.3 Å². The van der Waals surface area contributed by atoms with E-state index in [1.54, 1.807) is 11.3 Å². The number of furan rings is 1. The molecule has 0 aliphatic carbocycles. The standard InChI is InChI=1S/C30H28NOS2.C15H28O2.Ir/c1-16(2)13-20-17(3)32-22-7-8-23-26(25(20)22)27-24(34-23)9-11-31-28(27)19-14-18-10-12-33-29(18)21(15-19)30(4,5)6;1-7-14(5,8-2)12(16)11-13(17)15(6,9-3)10-4;/h7-12,15-16H,13H2,1-6H3;11,16H,7-10H2,1-6H3;/q-1;;/b;12-11-;. The maximum Gasteiger partial charge on any atom is 0.164 e. The van der Waals surface area contributed by atoms with Gasteiger partial charge in [-0.1, -0.05) is 87.3 Å². The fraction of sp³-hybridized carbons (Fsp3) is 0.467. The monoisotopic (exact) mass is 915 g/mol. The largest absolute Gasteiger partial charge is 0.512 e. The van der Waals surface area contributed by atoms with Gasteiger partial charge in [-0.2, -0.15) is 11.3 Å². The van der Waals surface area contributed by atoms with Crippen LogP contribution in [0.25, 0.3) is 52.5 Å². The van der Waals surface area contributed by atoms with Crippen LogP contribution in [0.2, 0.25) is 0 Å². The van der Waals surface area contributed by atoms with Crippen molar-refractivity contribution in [2.75, 3.05) is 0 Å². The zero-order chi connectivity index (χ0) is 37.5. The Kier molecular flexibility index (Phi) is 13.1. The van der Waals surface area contributed by atoms with Gasteiger partial charge in [-0.3, -0.25) is 9.78 Å². The Labute approximate surface area is 332 Å². The fourth-order valence-electron chi connectivity index (χ4n) is 6.81. The van der Waals surface area contributed by atoms with Crippen molar-refractivity contribution in [3.8, 4) is 11.3 Å². The molecule has 2 aromatic carbocycles. The van der Waals surface area contributed by atoms with Gasteiger partial charge >= 0.3 is 0 Å². The molecule has 6 rings (SSSR count). The van der Waals surface area contributed by atoms with Crippen LogP contribution in [0.5, 0.6) is 0 Å². The van der Waals surface area contributed by atoms with E-state index in [9.17, 15) is 9.90 Å². The van der Waals surface area contributed by atoms with Crippen molar-refractivity contribution in [2.24, 2.45) is 16.7 Å². The summed E-state index contributed by atoms with van der Waals surface area (Å²) in [5, 5.41) is 17.2. The van der Waals surface area contributed by atoms with E-state index in [1.807, 2.05) is 59.1 Å². The van der Waals surface area contributed by atoms with Crippen molar-refractivity contribution in [2.45, 2.75) is 121 Å². The summed E-state index contributed by atoms with van der Waals surface area (Å²) in [7, 11) is 0. The summed E-state index contributed by atoms with van der Waals surface area (Å²) in [6, 6.07) is 14.7. The molecule has 0 atom stereocenters. The average Bonchev–Trinajstić information content (AvgIpc) is 3.81. The second-order valence-corrected chi connectivity index (χ2v) is 18.1. The van der Waals surface area contributed by atoms with Crippen LogP contribution in [0.15, 0.2) is 58.2 Å². The van der Waals surface area contributed by atoms with Crippen molar-refractivity contribution in [1.82, 2.24) is 4.98 Å². The summed E-state index contributed by atoms with van der Waals surface area (Å²) >= 11 is 3.65. The zero-order valence-electron chi connectivity index (χ0n) is 33.1. The second-order valence-electron chi connectivity index (χ2n) is 16.1. The molecule has 281 valence electrons. The summed E-state index contributed by atoms with van der Waals surface area (Å²) in [4.78, 5) is 17.1. The van der Waals surface area contributed by atoms with Gasteiger partial charge in [0.25, 0.3) is 0 Å². The first-order chi connectivity index (χ1) is 24.0. The number of allylic oxidation sites excluding steroid dienone is 2. The van der Waals surface area contributed by atoms with Crippen LogP contribution in [-0.2, 0) is 36.7 Å². The van der Waals surface area contributed by atoms with Gasteiger partial charge < -0.3 is 9.52 Å². The number of benzene rings is 2. The Morgan fingerprint density at radius 3 is 2.15 bits per heavy atom. The molecule has 4 heterocycles. The zero-order valence-corrected chi connectivity index (χ0v) is 37.1. The molecule has 0 aliphatic heterocycles. The first kappa shape index (κ1) is 41.9. The van der Waals surface area contributed by atoms with Crippen LogP contribution in [0, 0.1) is 29.7 Å². The smallest absolute Gasteiger partial charge is 0.164 e. The molecule has 0 unspecified atom stereocenters. The minimum atomic E-state index is -0.337. The van der Waals surface area contributed by atoms with Gasteiger partial charge in [0.05, 0.1) is 0 Å². The third kappa shape index (κ3) is 7.99. The quantitative estimate of drug-likeness (QED) is 0.0845. The summed E-state index contributed by atoms with van der Waals surface area (Å²) in [5.74, 6) is 1.87. The number of carbonyl (C=O) groups is 1. The maximum absolute atomic E-state index is 12.2. The van der Waals surface area contributed by atoms with E-state index >= 15 is 0 Å². The van der Waals surface area contributed by atoms with Crippen LogP contribution in [0.3, 0.4) is 0 Å². The van der Waals surface area contributed by atoms with Gasteiger partial charge in [-0.25, -0.2) is 0 Å². The molecule has 4 nitrogen and oxygen atoms in total. The van der Waals surface area contributed by atoms with Crippen LogP contribution in [0.1, 0.15) is 119 Å². The van der Waals surface area contributed by atoms with E-state index in [-0.39, 0.29) is 47.9 Å². The minimum Gasteiger partial charge on any atom is -0.512 e. The summed E-state index contributed by atoms with van der Waals surface area (Å²) in [6.07, 6.45) is 7.71. The molecule has 0 aliphatic rings. The number of thiophene rings is 2. The number of ketones is 1. The Bertz CT molecular complexity index is 2220. The third-order valence-corrected chi connectivity index (χ3v) is 13.3. The predicted octanol–water partition coefficient (Wildman–Crippen LogP) is 14.3. The molecule has 1 radical (unpaired) electrons. The molecule has 1 N–H and O–H groups in total. The molecule has 7 heteroatoms. The van der Waals surface area contributed by atoms with Crippen molar-refractivity contribution < 1.29 is 34.4 Å². The predicted molar refractivity (Wildman–Crippen MR) is 222 cm³/mol. The van der Waals surface area contributed by atoms with E-state index in [0.717, 1.165) is 54.7 Å². The topological polar surface area (TPSA) is 63.3 Å². The number of aromatic nitrogens is 1. The van der Waals surface area contributed by atoms with E-state index in [4.69, 9.17) is 9.40 Å². The number of carbonyl (C=O) groups excluding carboxylic acids is 1. The first-order valence-corrected chi connectivity index (χ1v) is 20.3. The van der Waals surface area contributed by atoms with Crippen molar-refractivity contribution in [3.63, 3.8) is 0 Å². The minimum absolute atomic E-state index is 0. The number of pyridine rings is 1. The van der Waals surface area contributed by atoms with Gasteiger partial charge in [-0.15, -0.1) is 34.9 Å². The summed E-state index contributed by atoms with van der Waals surface area (Å²) < 4.78 is 10.1. The maximum atomic E-state index is 12.2. The van der Waals surface area contributed by atoms with E-state index in [0.29, 0.717) is 5.92 Å². The first-order valence-electron chi connectivity index (χ1n) is 18.6. The number of fused-ring (bicyclic) bond motifs is 6. The molecule has 6 aromatic rings. The third-order valence-electron chi connectivity index (χ3n) is 11.2.